The van der Waals surface area contributed by atoms with Crippen LogP contribution in [0.1, 0.15) is 39.5 Å². The zero-order valence-electron chi connectivity index (χ0n) is 6.69. The summed E-state index contributed by atoms with van der Waals surface area (Å²) < 4.78 is 0. The third-order valence-corrected chi connectivity index (χ3v) is 1.73. The van der Waals surface area contributed by atoms with Gasteiger partial charge in [-0.3, -0.25) is 0 Å². The highest BCUT2D eigenvalue weighted by molar-refractivity contribution is 4.57. The van der Waals surface area contributed by atoms with E-state index in [-0.39, 0.29) is 0 Å². The summed E-state index contributed by atoms with van der Waals surface area (Å²) in [6, 6.07) is 0. The first-order valence-corrected chi connectivity index (χ1v) is 4.05. The van der Waals surface area contributed by atoms with Crippen molar-refractivity contribution in [3.63, 3.8) is 0 Å². The van der Waals surface area contributed by atoms with E-state index in [0.717, 1.165) is 12.5 Å². The predicted molar refractivity (Wildman–Crippen MR) is 42.4 cm³/mol. The summed E-state index contributed by atoms with van der Waals surface area (Å²) in [6.45, 7) is 5.32. The van der Waals surface area contributed by atoms with E-state index < -0.39 is 0 Å². The van der Waals surface area contributed by atoms with Crippen molar-refractivity contribution in [2.24, 2.45) is 11.7 Å². The van der Waals surface area contributed by atoms with Gasteiger partial charge in [0.1, 0.15) is 0 Å². The first-order valence-electron chi connectivity index (χ1n) is 4.05. The van der Waals surface area contributed by atoms with E-state index in [1.165, 1.54) is 25.7 Å². The number of hydrogen-bond donors (Lipinski definition) is 1. The summed E-state index contributed by atoms with van der Waals surface area (Å²) in [5.41, 5.74) is 5.54. The lowest BCUT2D eigenvalue weighted by Crippen LogP contribution is -2.13. The first kappa shape index (κ1) is 8.96. The summed E-state index contributed by atoms with van der Waals surface area (Å²) in [7, 11) is 0. The molecule has 0 aromatic heterocycles. The fourth-order valence-corrected chi connectivity index (χ4v) is 1.20. The summed E-state index contributed by atoms with van der Waals surface area (Å²) in [4.78, 5) is 0. The number of nitrogens with two attached hydrogens (primary N) is 1. The topological polar surface area (TPSA) is 26.0 Å². The number of rotatable bonds is 5. The maximum absolute atomic E-state index is 5.54. The Morgan fingerprint density at radius 1 is 1.11 bits per heavy atom. The predicted octanol–water partition coefficient (Wildman–Crippen LogP) is 2.16. The molecule has 56 valence electrons. The van der Waals surface area contributed by atoms with Crippen LogP contribution in [0.5, 0.6) is 0 Å². The fraction of sp³-hybridized carbons (Fsp3) is 1.00. The summed E-state index contributed by atoms with van der Waals surface area (Å²) in [5, 5.41) is 0. The van der Waals surface area contributed by atoms with Crippen LogP contribution in [0.4, 0.5) is 0 Å². The number of hydrogen-bond acceptors (Lipinski definition) is 1. The first-order chi connectivity index (χ1) is 4.35. The van der Waals surface area contributed by atoms with E-state index in [1.54, 1.807) is 0 Å². The molecule has 0 unspecified atom stereocenters. The molecular formula is C8H19N. The van der Waals surface area contributed by atoms with Crippen LogP contribution in [-0.2, 0) is 0 Å². The largest absolute Gasteiger partial charge is 0.330 e. The van der Waals surface area contributed by atoms with Crippen molar-refractivity contribution in [3.8, 4) is 0 Å². The molecule has 1 heteroatoms. The second kappa shape index (κ2) is 6.09. The van der Waals surface area contributed by atoms with Crippen molar-refractivity contribution in [1.29, 1.82) is 0 Å². The maximum atomic E-state index is 5.54. The Labute approximate surface area is 58.6 Å². The molecule has 0 rings (SSSR count). The van der Waals surface area contributed by atoms with Gasteiger partial charge in [0, 0.05) is 0 Å². The minimum absolute atomic E-state index is 0.792. The molecule has 0 fully saturated rings. The van der Waals surface area contributed by atoms with Gasteiger partial charge in [0.05, 0.1) is 0 Å². The standard InChI is InChI=1S/C8H19N/c1-3-5-8(7-9)6-4-2/h8H,3-7,9H2,1-2H3. The highest BCUT2D eigenvalue weighted by atomic mass is 14.5. The zero-order valence-corrected chi connectivity index (χ0v) is 6.69. The van der Waals surface area contributed by atoms with Crippen molar-refractivity contribution in [2.75, 3.05) is 6.54 Å². The molecule has 9 heavy (non-hydrogen) atoms. The Morgan fingerprint density at radius 2 is 1.56 bits per heavy atom. The average Bonchev–Trinajstić information content (AvgIpc) is 1.88. The maximum Gasteiger partial charge on any atom is -0.00489 e. The van der Waals surface area contributed by atoms with Crippen LogP contribution < -0.4 is 5.73 Å². The van der Waals surface area contributed by atoms with E-state index >= 15 is 0 Å². The van der Waals surface area contributed by atoms with Crippen molar-refractivity contribution in [1.82, 2.24) is 0 Å². The van der Waals surface area contributed by atoms with Crippen LogP contribution in [0.15, 0.2) is 0 Å². The molecule has 0 atom stereocenters. The van der Waals surface area contributed by atoms with Gasteiger partial charge < -0.3 is 5.73 Å². The third-order valence-electron chi connectivity index (χ3n) is 1.73. The molecule has 0 aromatic rings. The van der Waals surface area contributed by atoms with Gasteiger partial charge in [-0.1, -0.05) is 26.7 Å². The second-order valence-corrected chi connectivity index (χ2v) is 2.68. The van der Waals surface area contributed by atoms with Gasteiger partial charge >= 0.3 is 0 Å². The van der Waals surface area contributed by atoms with Gasteiger partial charge in [0.25, 0.3) is 0 Å². The molecule has 0 saturated heterocycles. The molecular weight excluding hydrogens is 110 g/mol. The Hall–Kier alpha value is -0.0400. The van der Waals surface area contributed by atoms with Crippen LogP contribution in [-0.4, -0.2) is 6.54 Å². The molecule has 0 saturated carbocycles. The van der Waals surface area contributed by atoms with Crippen LogP contribution in [0.25, 0.3) is 0 Å². The van der Waals surface area contributed by atoms with Crippen LogP contribution in [0.3, 0.4) is 0 Å². The quantitative estimate of drug-likeness (QED) is 0.605. The Balaban J connectivity index is 3.18. The molecule has 0 bridgehead atoms. The molecule has 0 aliphatic rings. The Morgan fingerprint density at radius 3 is 1.78 bits per heavy atom. The van der Waals surface area contributed by atoms with Gasteiger partial charge in [0.15, 0.2) is 0 Å². The monoisotopic (exact) mass is 129 g/mol. The van der Waals surface area contributed by atoms with Crippen molar-refractivity contribution < 1.29 is 0 Å². The van der Waals surface area contributed by atoms with Gasteiger partial charge in [0.2, 0.25) is 0 Å². The minimum atomic E-state index is 0.792. The second-order valence-electron chi connectivity index (χ2n) is 2.68. The molecule has 0 amide bonds. The van der Waals surface area contributed by atoms with Crippen molar-refractivity contribution in [3.05, 3.63) is 0 Å². The lowest BCUT2D eigenvalue weighted by atomic mass is 9.99. The lowest BCUT2D eigenvalue weighted by molar-refractivity contribution is 0.450. The van der Waals surface area contributed by atoms with Crippen LogP contribution in [0.2, 0.25) is 0 Å². The smallest absolute Gasteiger partial charge is 0.00489 e. The molecule has 0 aliphatic heterocycles. The van der Waals surface area contributed by atoms with Crippen molar-refractivity contribution in [2.45, 2.75) is 39.5 Å². The highest BCUT2D eigenvalue weighted by Gasteiger charge is 2.01. The van der Waals surface area contributed by atoms with Crippen LogP contribution >= 0.6 is 0 Å². The van der Waals surface area contributed by atoms with Gasteiger partial charge in [-0.05, 0) is 25.3 Å². The van der Waals surface area contributed by atoms with E-state index in [9.17, 15) is 0 Å². The molecule has 0 heterocycles. The zero-order chi connectivity index (χ0) is 7.11. The normalized spacial score (nSPS) is 10.7. The third kappa shape index (κ3) is 4.46. The van der Waals surface area contributed by atoms with E-state index in [4.69, 9.17) is 5.73 Å². The van der Waals surface area contributed by atoms with E-state index in [2.05, 4.69) is 13.8 Å². The van der Waals surface area contributed by atoms with Gasteiger partial charge in [-0.25, -0.2) is 0 Å². The molecule has 1 nitrogen and oxygen atoms in total. The fourth-order valence-electron chi connectivity index (χ4n) is 1.20. The molecule has 2 N–H and O–H groups in total. The lowest BCUT2D eigenvalue weighted by Gasteiger charge is -2.10. The SMILES string of the molecule is CCCC(CN)CCC. The summed E-state index contributed by atoms with van der Waals surface area (Å²) in [6.07, 6.45) is 5.18. The molecule has 0 radical (unpaired) electrons. The van der Waals surface area contributed by atoms with E-state index in [0.29, 0.717) is 0 Å². The molecule has 0 spiro atoms. The Kier molecular flexibility index (Phi) is 6.06. The summed E-state index contributed by atoms with van der Waals surface area (Å²) in [5.74, 6) is 0.792. The molecule has 0 aromatic carbocycles. The average molecular weight is 129 g/mol. The van der Waals surface area contributed by atoms with E-state index in [1.807, 2.05) is 0 Å². The van der Waals surface area contributed by atoms with Gasteiger partial charge in [-0.15, -0.1) is 0 Å². The van der Waals surface area contributed by atoms with Crippen molar-refractivity contribution >= 4 is 0 Å². The Bertz CT molecular complexity index is 46.5. The molecule has 0 aliphatic carbocycles. The van der Waals surface area contributed by atoms with Crippen LogP contribution in [0, 0.1) is 5.92 Å². The highest BCUT2D eigenvalue weighted by Crippen LogP contribution is 2.10. The van der Waals surface area contributed by atoms with Gasteiger partial charge in [-0.2, -0.15) is 0 Å². The summed E-state index contributed by atoms with van der Waals surface area (Å²) >= 11 is 0. The minimum Gasteiger partial charge on any atom is -0.330 e.